The van der Waals surface area contributed by atoms with Crippen LogP contribution < -0.4 is 4.74 Å². The summed E-state index contributed by atoms with van der Waals surface area (Å²) in [6, 6.07) is 4.03. The average molecular weight is 284 g/mol. The number of rotatable bonds is 8. The van der Waals surface area contributed by atoms with E-state index in [0.717, 1.165) is 54.6 Å². The molecule has 108 valence electrons. The van der Waals surface area contributed by atoms with Gasteiger partial charge in [-0.2, -0.15) is 0 Å². The van der Waals surface area contributed by atoms with Gasteiger partial charge in [0.2, 0.25) is 0 Å². The Bertz CT molecular complexity index is 365. The van der Waals surface area contributed by atoms with E-state index >= 15 is 0 Å². The van der Waals surface area contributed by atoms with Gasteiger partial charge in [-0.3, -0.25) is 0 Å². The van der Waals surface area contributed by atoms with Gasteiger partial charge in [-0.05, 0) is 69.6 Å². The normalized spacial score (nSPS) is 11.1. The first-order valence-corrected chi connectivity index (χ1v) is 7.58. The van der Waals surface area contributed by atoms with Crippen LogP contribution >= 0.6 is 11.6 Å². The first kappa shape index (κ1) is 16.3. The fourth-order valence-electron chi connectivity index (χ4n) is 2.16. The lowest BCUT2D eigenvalue weighted by atomic mass is 10.1. The summed E-state index contributed by atoms with van der Waals surface area (Å²) in [7, 11) is 0. The Morgan fingerprint density at radius 3 is 2.16 bits per heavy atom. The molecule has 0 aliphatic carbocycles. The Balaban J connectivity index is 2.30. The van der Waals surface area contributed by atoms with E-state index in [1.165, 1.54) is 6.42 Å². The van der Waals surface area contributed by atoms with Crippen LogP contribution in [-0.2, 0) is 0 Å². The summed E-state index contributed by atoms with van der Waals surface area (Å²) in [4.78, 5) is 2.44. The Morgan fingerprint density at radius 2 is 1.63 bits per heavy atom. The van der Waals surface area contributed by atoms with Crippen LogP contribution in [-0.4, -0.2) is 31.1 Å². The minimum Gasteiger partial charge on any atom is -0.494 e. The summed E-state index contributed by atoms with van der Waals surface area (Å²) in [5, 5.41) is 0.842. The van der Waals surface area contributed by atoms with Crippen molar-refractivity contribution in [3.63, 3.8) is 0 Å². The number of hydrogen-bond acceptors (Lipinski definition) is 2. The molecule has 1 aromatic rings. The van der Waals surface area contributed by atoms with Gasteiger partial charge >= 0.3 is 0 Å². The summed E-state index contributed by atoms with van der Waals surface area (Å²) in [5.41, 5.74) is 2.17. The third-order valence-electron chi connectivity index (χ3n) is 3.44. The van der Waals surface area contributed by atoms with Gasteiger partial charge in [-0.1, -0.05) is 25.4 Å². The van der Waals surface area contributed by atoms with Crippen molar-refractivity contribution < 1.29 is 4.74 Å². The highest BCUT2D eigenvalue weighted by Gasteiger charge is 2.03. The Labute approximate surface area is 122 Å². The van der Waals surface area contributed by atoms with Crippen molar-refractivity contribution in [1.29, 1.82) is 0 Å². The predicted octanol–water partition coefficient (Wildman–Crippen LogP) is 4.46. The molecule has 1 aromatic carbocycles. The monoisotopic (exact) mass is 283 g/mol. The highest BCUT2D eigenvalue weighted by Crippen LogP contribution is 2.25. The van der Waals surface area contributed by atoms with Crippen molar-refractivity contribution in [3.8, 4) is 5.75 Å². The van der Waals surface area contributed by atoms with E-state index in [2.05, 4.69) is 18.7 Å². The van der Waals surface area contributed by atoms with Gasteiger partial charge in [0.05, 0.1) is 6.61 Å². The second-order valence-corrected chi connectivity index (χ2v) is 5.33. The van der Waals surface area contributed by atoms with Gasteiger partial charge < -0.3 is 9.64 Å². The summed E-state index contributed by atoms with van der Waals surface area (Å²) >= 11 is 6.14. The molecule has 2 nitrogen and oxygen atoms in total. The maximum atomic E-state index is 6.14. The Kier molecular flexibility index (Phi) is 7.25. The molecule has 0 atom stereocenters. The fraction of sp³-hybridized carbons (Fsp3) is 0.625. The van der Waals surface area contributed by atoms with E-state index < -0.39 is 0 Å². The van der Waals surface area contributed by atoms with Crippen LogP contribution in [0.2, 0.25) is 5.02 Å². The number of benzene rings is 1. The smallest absolute Gasteiger partial charge is 0.119 e. The van der Waals surface area contributed by atoms with Crippen LogP contribution in [0.4, 0.5) is 0 Å². The molecule has 0 aromatic heterocycles. The molecule has 0 aliphatic heterocycles. The summed E-state index contributed by atoms with van der Waals surface area (Å²) < 4.78 is 5.79. The highest BCUT2D eigenvalue weighted by atomic mass is 35.5. The molecule has 0 N–H and O–H groups in total. The lowest BCUT2D eigenvalue weighted by Gasteiger charge is -2.17. The zero-order chi connectivity index (χ0) is 14.3. The zero-order valence-electron chi connectivity index (χ0n) is 12.6. The zero-order valence-corrected chi connectivity index (χ0v) is 13.4. The maximum absolute atomic E-state index is 6.14. The molecule has 0 aliphatic rings. The van der Waals surface area contributed by atoms with E-state index in [0.29, 0.717) is 0 Å². The van der Waals surface area contributed by atoms with E-state index in [1.807, 2.05) is 26.0 Å². The lowest BCUT2D eigenvalue weighted by Crippen LogP contribution is -2.24. The summed E-state index contributed by atoms with van der Waals surface area (Å²) in [5.74, 6) is 0.933. The molecule has 0 unspecified atom stereocenters. The highest BCUT2D eigenvalue weighted by molar-refractivity contribution is 6.32. The maximum Gasteiger partial charge on any atom is 0.119 e. The molecular weight excluding hydrogens is 258 g/mol. The number of aryl methyl sites for hydroxylation is 2. The van der Waals surface area contributed by atoms with Crippen LogP contribution in [0.5, 0.6) is 5.75 Å². The molecule has 0 fully saturated rings. The van der Waals surface area contributed by atoms with Crippen LogP contribution in [0.1, 0.15) is 37.8 Å². The van der Waals surface area contributed by atoms with Crippen LogP contribution in [0, 0.1) is 13.8 Å². The summed E-state index contributed by atoms with van der Waals surface area (Å²) in [6.45, 7) is 12.7. The number of hydrogen-bond donors (Lipinski definition) is 0. The number of halogens is 1. The van der Waals surface area contributed by atoms with E-state index in [1.54, 1.807) is 0 Å². The second-order valence-electron chi connectivity index (χ2n) is 4.95. The van der Waals surface area contributed by atoms with Gasteiger partial charge in [0.1, 0.15) is 5.75 Å². The molecule has 0 saturated carbocycles. The van der Waals surface area contributed by atoms with Gasteiger partial charge in [0.25, 0.3) is 0 Å². The lowest BCUT2D eigenvalue weighted by molar-refractivity contribution is 0.266. The minimum absolute atomic E-state index is 0.780. The number of unbranched alkanes of at least 4 members (excludes halogenated alkanes) is 1. The van der Waals surface area contributed by atoms with Crippen LogP contribution in [0.25, 0.3) is 0 Å². The number of ether oxygens (including phenoxy) is 1. The minimum atomic E-state index is 0.780. The standard InChI is InChI=1S/C16H26ClNO/c1-5-18(6-2)9-7-8-10-19-15-11-13(3)16(17)14(4)12-15/h11-12H,5-10H2,1-4H3. The van der Waals surface area contributed by atoms with Crippen LogP contribution in [0.15, 0.2) is 12.1 Å². The molecular formula is C16H26ClNO. The molecule has 0 bridgehead atoms. The van der Waals surface area contributed by atoms with Gasteiger partial charge in [0.15, 0.2) is 0 Å². The molecule has 1 rings (SSSR count). The fourth-order valence-corrected chi connectivity index (χ4v) is 2.27. The first-order valence-electron chi connectivity index (χ1n) is 7.20. The van der Waals surface area contributed by atoms with Crippen molar-refractivity contribution in [2.45, 2.75) is 40.5 Å². The third kappa shape index (κ3) is 5.42. The predicted molar refractivity (Wildman–Crippen MR) is 83.4 cm³/mol. The molecule has 0 amide bonds. The largest absolute Gasteiger partial charge is 0.494 e. The quantitative estimate of drug-likeness (QED) is 0.653. The Morgan fingerprint density at radius 1 is 1.05 bits per heavy atom. The topological polar surface area (TPSA) is 12.5 Å². The summed E-state index contributed by atoms with van der Waals surface area (Å²) in [6.07, 6.45) is 2.28. The first-order chi connectivity index (χ1) is 9.08. The van der Waals surface area contributed by atoms with Gasteiger partial charge in [-0.25, -0.2) is 0 Å². The molecule has 0 radical (unpaired) electrons. The average Bonchev–Trinajstić information content (AvgIpc) is 2.40. The van der Waals surface area contributed by atoms with Crippen molar-refractivity contribution >= 4 is 11.6 Å². The van der Waals surface area contributed by atoms with Gasteiger partial charge in [-0.15, -0.1) is 0 Å². The molecule has 0 saturated heterocycles. The van der Waals surface area contributed by atoms with Crippen molar-refractivity contribution in [3.05, 3.63) is 28.3 Å². The molecule has 0 spiro atoms. The van der Waals surface area contributed by atoms with Crippen LogP contribution in [0.3, 0.4) is 0 Å². The molecule has 19 heavy (non-hydrogen) atoms. The van der Waals surface area contributed by atoms with Crippen molar-refractivity contribution in [2.75, 3.05) is 26.2 Å². The number of nitrogens with zero attached hydrogens (tertiary/aromatic N) is 1. The van der Waals surface area contributed by atoms with Crippen molar-refractivity contribution in [2.24, 2.45) is 0 Å². The SMILES string of the molecule is CCN(CC)CCCCOc1cc(C)c(Cl)c(C)c1. The Hall–Kier alpha value is -0.730. The van der Waals surface area contributed by atoms with E-state index in [9.17, 15) is 0 Å². The van der Waals surface area contributed by atoms with Gasteiger partial charge in [0, 0.05) is 5.02 Å². The van der Waals surface area contributed by atoms with E-state index in [-0.39, 0.29) is 0 Å². The molecule has 3 heteroatoms. The molecule has 0 heterocycles. The third-order valence-corrected chi connectivity index (χ3v) is 4.04. The second kappa shape index (κ2) is 8.44. The van der Waals surface area contributed by atoms with E-state index in [4.69, 9.17) is 16.3 Å². The van der Waals surface area contributed by atoms with Crippen molar-refractivity contribution in [1.82, 2.24) is 4.90 Å².